The van der Waals surface area contributed by atoms with Gasteiger partial charge in [0, 0.05) is 6.54 Å². The second kappa shape index (κ2) is 5.64. The third kappa shape index (κ3) is 2.82. The van der Waals surface area contributed by atoms with Gasteiger partial charge in [0.1, 0.15) is 0 Å². The maximum Gasteiger partial charge on any atom is 0.0995 e. The highest BCUT2D eigenvalue weighted by molar-refractivity contribution is 5.36. The molecular weight excluding hydrogens is 200 g/mol. The molecule has 0 aliphatic carbocycles. The van der Waals surface area contributed by atoms with E-state index in [0.717, 1.165) is 25.1 Å². The number of nitrogens with zero attached hydrogens (tertiary/aromatic N) is 1. The first kappa shape index (κ1) is 11.1. The fourth-order valence-electron chi connectivity index (χ4n) is 1.92. The van der Waals surface area contributed by atoms with Gasteiger partial charge in [-0.1, -0.05) is 18.2 Å². The van der Waals surface area contributed by atoms with Crippen molar-refractivity contribution < 1.29 is 4.74 Å². The summed E-state index contributed by atoms with van der Waals surface area (Å²) in [6, 6.07) is 9.79. The van der Waals surface area contributed by atoms with Crippen LogP contribution in [-0.2, 0) is 11.3 Å². The van der Waals surface area contributed by atoms with Crippen LogP contribution in [0.25, 0.3) is 0 Å². The largest absolute Gasteiger partial charge is 0.372 e. The summed E-state index contributed by atoms with van der Waals surface area (Å²) in [5, 5.41) is 12.2. The Labute approximate surface area is 96.0 Å². The average Bonchev–Trinajstić information content (AvgIpc) is 2.38. The lowest BCUT2D eigenvalue weighted by atomic mass is 10.1. The van der Waals surface area contributed by atoms with Crippen LogP contribution in [0.1, 0.15) is 24.0 Å². The van der Waals surface area contributed by atoms with Gasteiger partial charge in [-0.25, -0.2) is 0 Å². The first-order chi connectivity index (χ1) is 7.90. The number of nitrogens with one attached hydrogen (secondary N) is 1. The number of rotatable bonds is 3. The highest BCUT2D eigenvalue weighted by Gasteiger charge is 2.13. The fraction of sp³-hybridized carbons (Fsp3) is 0.462. The van der Waals surface area contributed by atoms with Crippen molar-refractivity contribution in [1.29, 1.82) is 5.26 Å². The maximum absolute atomic E-state index is 8.94. The van der Waals surface area contributed by atoms with Gasteiger partial charge in [0.25, 0.3) is 0 Å². The summed E-state index contributed by atoms with van der Waals surface area (Å²) in [5.74, 6) is 0. The fourth-order valence-corrected chi connectivity index (χ4v) is 1.92. The van der Waals surface area contributed by atoms with Gasteiger partial charge in [0.05, 0.1) is 24.3 Å². The molecule has 0 amide bonds. The Hall–Kier alpha value is -1.37. The van der Waals surface area contributed by atoms with Crippen LogP contribution >= 0.6 is 0 Å². The zero-order chi connectivity index (χ0) is 11.2. The van der Waals surface area contributed by atoms with Crippen LogP contribution in [0, 0.1) is 11.3 Å². The SMILES string of the molecule is N#Cc1ccccc1CO[C@H]1CCCNC1. The van der Waals surface area contributed by atoms with E-state index in [2.05, 4.69) is 11.4 Å². The van der Waals surface area contributed by atoms with Gasteiger partial charge in [-0.15, -0.1) is 0 Å². The molecule has 1 heterocycles. The molecule has 3 heteroatoms. The van der Waals surface area contributed by atoms with Crippen LogP contribution in [0.3, 0.4) is 0 Å². The van der Waals surface area contributed by atoms with Gasteiger partial charge < -0.3 is 10.1 Å². The Bertz CT molecular complexity index is 378. The normalized spacial score (nSPS) is 20.3. The number of ether oxygens (including phenoxy) is 1. The van der Waals surface area contributed by atoms with Gasteiger partial charge >= 0.3 is 0 Å². The summed E-state index contributed by atoms with van der Waals surface area (Å²) in [6.07, 6.45) is 2.58. The summed E-state index contributed by atoms with van der Waals surface area (Å²) >= 11 is 0. The predicted octanol–water partition coefficient (Wildman–Crippen LogP) is 1.83. The van der Waals surface area contributed by atoms with Gasteiger partial charge in [0.15, 0.2) is 0 Å². The first-order valence-electron chi connectivity index (χ1n) is 5.70. The minimum atomic E-state index is 0.292. The summed E-state index contributed by atoms with van der Waals surface area (Å²) in [7, 11) is 0. The highest BCUT2D eigenvalue weighted by Crippen LogP contribution is 2.12. The van der Waals surface area contributed by atoms with E-state index < -0.39 is 0 Å². The Kier molecular flexibility index (Phi) is 3.92. The van der Waals surface area contributed by atoms with Crippen molar-refractivity contribution >= 4 is 0 Å². The molecule has 1 fully saturated rings. The second-order valence-corrected chi connectivity index (χ2v) is 4.05. The van der Waals surface area contributed by atoms with Crippen molar-refractivity contribution in [2.45, 2.75) is 25.6 Å². The number of hydrogen-bond acceptors (Lipinski definition) is 3. The molecule has 84 valence electrons. The van der Waals surface area contributed by atoms with Crippen molar-refractivity contribution in [2.75, 3.05) is 13.1 Å². The van der Waals surface area contributed by atoms with Crippen LogP contribution in [0.15, 0.2) is 24.3 Å². The number of piperidine rings is 1. The summed E-state index contributed by atoms with van der Waals surface area (Å²) in [5.41, 5.74) is 1.70. The molecular formula is C13H16N2O. The molecule has 16 heavy (non-hydrogen) atoms. The highest BCUT2D eigenvalue weighted by atomic mass is 16.5. The van der Waals surface area contributed by atoms with E-state index in [9.17, 15) is 0 Å². The van der Waals surface area contributed by atoms with Crippen molar-refractivity contribution in [2.24, 2.45) is 0 Å². The van der Waals surface area contributed by atoms with E-state index in [1.165, 1.54) is 6.42 Å². The zero-order valence-corrected chi connectivity index (χ0v) is 9.28. The molecule has 0 unspecified atom stereocenters. The third-order valence-electron chi connectivity index (χ3n) is 2.86. The van der Waals surface area contributed by atoms with Gasteiger partial charge in [-0.05, 0) is 31.0 Å². The minimum Gasteiger partial charge on any atom is -0.372 e. The second-order valence-electron chi connectivity index (χ2n) is 4.05. The van der Waals surface area contributed by atoms with Crippen molar-refractivity contribution in [3.63, 3.8) is 0 Å². The molecule has 0 aromatic heterocycles. The first-order valence-corrected chi connectivity index (χ1v) is 5.70. The van der Waals surface area contributed by atoms with Crippen LogP contribution in [0.5, 0.6) is 0 Å². The molecule has 2 rings (SSSR count). The van der Waals surface area contributed by atoms with Gasteiger partial charge in [-0.2, -0.15) is 5.26 Å². The van der Waals surface area contributed by atoms with Crippen molar-refractivity contribution in [3.8, 4) is 6.07 Å². The average molecular weight is 216 g/mol. The van der Waals surface area contributed by atoms with Crippen LogP contribution in [0.2, 0.25) is 0 Å². The number of benzene rings is 1. The molecule has 1 saturated heterocycles. The third-order valence-corrected chi connectivity index (χ3v) is 2.86. The van der Waals surface area contributed by atoms with E-state index >= 15 is 0 Å². The molecule has 0 radical (unpaired) electrons. The summed E-state index contributed by atoms with van der Waals surface area (Å²) in [6.45, 7) is 2.56. The Morgan fingerprint density at radius 1 is 1.44 bits per heavy atom. The van der Waals surface area contributed by atoms with E-state index in [0.29, 0.717) is 18.3 Å². The maximum atomic E-state index is 8.94. The summed E-state index contributed by atoms with van der Waals surface area (Å²) < 4.78 is 5.80. The predicted molar refractivity (Wildman–Crippen MR) is 61.8 cm³/mol. The topological polar surface area (TPSA) is 45.0 Å². The molecule has 0 bridgehead atoms. The van der Waals surface area contributed by atoms with Crippen LogP contribution in [-0.4, -0.2) is 19.2 Å². The molecule has 1 aliphatic heterocycles. The number of nitriles is 1. The smallest absolute Gasteiger partial charge is 0.0995 e. The van der Waals surface area contributed by atoms with Crippen LogP contribution < -0.4 is 5.32 Å². The van der Waals surface area contributed by atoms with Crippen LogP contribution in [0.4, 0.5) is 0 Å². The monoisotopic (exact) mass is 216 g/mol. The van der Waals surface area contributed by atoms with E-state index in [-0.39, 0.29) is 0 Å². The standard InChI is InChI=1S/C13H16N2O/c14-8-11-4-1-2-5-12(11)10-16-13-6-3-7-15-9-13/h1-2,4-5,13,15H,3,6-7,9-10H2/t13-/m0/s1. The molecule has 1 aromatic rings. The zero-order valence-electron chi connectivity index (χ0n) is 9.28. The Morgan fingerprint density at radius 3 is 3.06 bits per heavy atom. The summed E-state index contributed by atoms with van der Waals surface area (Å²) in [4.78, 5) is 0. The molecule has 1 aliphatic rings. The van der Waals surface area contributed by atoms with E-state index in [1.54, 1.807) is 0 Å². The van der Waals surface area contributed by atoms with Gasteiger partial charge in [0.2, 0.25) is 0 Å². The Balaban J connectivity index is 1.91. The van der Waals surface area contributed by atoms with E-state index in [4.69, 9.17) is 10.00 Å². The van der Waals surface area contributed by atoms with Gasteiger partial charge in [-0.3, -0.25) is 0 Å². The molecule has 1 N–H and O–H groups in total. The quantitative estimate of drug-likeness (QED) is 0.838. The Morgan fingerprint density at radius 2 is 2.31 bits per heavy atom. The van der Waals surface area contributed by atoms with Crippen molar-refractivity contribution in [3.05, 3.63) is 35.4 Å². The van der Waals surface area contributed by atoms with E-state index in [1.807, 2.05) is 24.3 Å². The molecule has 3 nitrogen and oxygen atoms in total. The number of hydrogen-bond donors (Lipinski definition) is 1. The molecule has 0 saturated carbocycles. The lowest BCUT2D eigenvalue weighted by Crippen LogP contribution is -2.35. The lowest BCUT2D eigenvalue weighted by Gasteiger charge is -2.23. The minimum absolute atomic E-state index is 0.292. The lowest BCUT2D eigenvalue weighted by molar-refractivity contribution is 0.0252. The molecule has 1 atom stereocenters. The molecule has 0 spiro atoms. The van der Waals surface area contributed by atoms with Crippen molar-refractivity contribution in [1.82, 2.24) is 5.32 Å². The molecule has 1 aromatic carbocycles.